The predicted octanol–water partition coefficient (Wildman–Crippen LogP) is 1.89. The van der Waals surface area contributed by atoms with Gasteiger partial charge >= 0.3 is 5.97 Å². The second kappa shape index (κ2) is 6.68. The van der Waals surface area contributed by atoms with Crippen molar-refractivity contribution < 1.29 is 27.2 Å². The van der Waals surface area contributed by atoms with Crippen molar-refractivity contribution in [2.24, 2.45) is 0 Å². The molecule has 1 aromatic carbocycles. The van der Waals surface area contributed by atoms with Gasteiger partial charge < -0.3 is 14.1 Å². The van der Waals surface area contributed by atoms with Crippen LogP contribution in [0.25, 0.3) is 11.0 Å². The van der Waals surface area contributed by atoms with Gasteiger partial charge in [-0.15, -0.1) is 0 Å². The third-order valence-corrected chi connectivity index (χ3v) is 6.14. The summed E-state index contributed by atoms with van der Waals surface area (Å²) >= 11 is 5.88. The first-order valence-electron chi connectivity index (χ1n) is 7.57. The smallest absolute Gasteiger partial charge is 0.374 e. The molecule has 7 nitrogen and oxygen atoms in total. The number of likely N-dealkylation sites (N-methyl/N-ethyl adjacent to an activating group) is 1. The molecule has 1 fully saturated rings. The second-order valence-electron chi connectivity index (χ2n) is 5.93. The van der Waals surface area contributed by atoms with E-state index in [-0.39, 0.29) is 23.3 Å². The third-order valence-electron chi connectivity index (χ3n) is 4.16. The number of hydrogen-bond donors (Lipinski definition) is 0. The van der Waals surface area contributed by atoms with Gasteiger partial charge in [-0.25, -0.2) is 13.2 Å². The summed E-state index contributed by atoms with van der Waals surface area (Å²) < 4.78 is 33.3. The van der Waals surface area contributed by atoms with Crippen LogP contribution in [0.4, 0.5) is 0 Å². The molecule has 1 aromatic heterocycles. The Kier molecular flexibility index (Phi) is 4.75. The molecule has 134 valence electrons. The van der Waals surface area contributed by atoms with Gasteiger partial charge in [0.05, 0.1) is 11.5 Å². The Morgan fingerprint density at radius 2 is 2.12 bits per heavy atom. The molecule has 0 spiro atoms. The number of carbonyl (C=O) groups is 2. The Bertz CT molecular complexity index is 935. The number of fused-ring (bicyclic) bond motifs is 1. The standard InChI is InChI=1S/C16H16ClNO6S/c1-18(12-4-5-25(21,22)9-12)15(19)8-23-16(20)14-7-10-6-11(17)2-3-13(10)24-14/h2-3,6-7,12H,4-5,8-9H2,1H3/t12-/m1/s1. The zero-order valence-electron chi connectivity index (χ0n) is 13.4. The van der Waals surface area contributed by atoms with Crippen LogP contribution in [0.15, 0.2) is 28.7 Å². The minimum atomic E-state index is -3.09. The zero-order valence-corrected chi connectivity index (χ0v) is 15.0. The Morgan fingerprint density at radius 3 is 2.80 bits per heavy atom. The molecule has 0 bridgehead atoms. The average Bonchev–Trinajstić information content (AvgIpc) is 3.14. The van der Waals surface area contributed by atoms with Gasteiger partial charge in [0.1, 0.15) is 5.58 Å². The fourth-order valence-corrected chi connectivity index (χ4v) is 4.65. The molecule has 2 aromatic rings. The minimum Gasteiger partial charge on any atom is -0.450 e. The highest BCUT2D eigenvalue weighted by Gasteiger charge is 2.33. The molecule has 25 heavy (non-hydrogen) atoms. The van der Waals surface area contributed by atoms with Gasteiger partial charge in [-0.1, -0.05) is 11.6 Å². The number of esters is 1. The molecule has 0 radical (unpaired) electrons. The average molecular weight is 386 g/mol. The van der Waals surface area contributed by atoms with E-state index in [0.29, 0.717) is 22.4 Å². The number of furan rings is 1. The number of ether oxygens (including phenoxy) is 1. The maximum absolute atomic E-state index is 12.1. The molecule has 1 atom stereocenters. The monoisotopic (exact) mass is 385 g/mol. The van der Waals surface area contributed by atoms with Gasteiger partial charge in [-0.3, -0.25) is 4.79 Å². The van der Waals surface area contributed by atoms with Crippen molar-refractivity contribution in [2.45, 2.75) is 12.5 Å². The van der Waals surface area contributed by atoms with Crippen LogP contribution < -0.4 is 0 Å². The molecule has 1 aliphatic rings. The topological polar surface area (TPSA) is 93.9 Å². The van der Waals surface area contributed by atoms with Crippen molar-refractivity contribution in [3.8, 4) is 0 Å². The fourth-order valence-electron chi connectivity index (χ4n) is 2.70. The van der Waals surface area contributed by atoms with Crippen molar-refractivity contribution in [1.82, 2.24) is 4.90 Å². The summed E-state index contributed by atoms with van der Waals surface area (Å²) in [5.41, 5.74) is 0.482. The molecule has 9 heteroatoms. The van der Waals surface area contributed by atoms with Gasteiger partial charge in [0.2, 0.25) is 5.76 Å². The molecular formula is C16H16ClNO6S. The Morgan fingerprint density at radius 1 is 1.36 bits per heavy atom. The van der Waals surface area contributed by atoms with E-state index in [9.17, 15) is 18.0 Å². The van der Waals surface area contributed by atoms with Crippen LogP contribution in [0.3, 0.4) is 0 Å². The Hall–Kier alpha value is -2.06. The largest absolute Gasteiger partial charge is 0.450 e. The molecule has 3 rings (SSSR count). The van der Waals surface area contributed by atoms with Crippen LogP contribution in [-0.4, -0.2) is 56.4 Å². The number of nitrogens with zero attached hydrogens (tertiary/aromatic N) is 1. The molecule has 0 aliphatic carbocycles. The van der Waals surface area contributed by atoms with E-state index >= 15 is 0 Å². The summed E-state index contributed by atoms with van der Waals surface area (Å²) in [6.45, 7) is -0.482. The summed E-state index contributed by atoms with van der Waals surface area (Å²) in [5.74, 6) is -1.26. The first-order valence-corrected chi connectivity index (χ1v) is 9.77. The van der Waals surface area contributed by atoms with Crippen molar-refractivity contribution in [2.75, 3.05) is 25.2 Å². The summed E-state index contributed by atoms with van der Waals surface area (Å²) in [6, 6.07) is 6.02. The molecule has 2 heterocycles. The lowest BCUT2D eigenvalue weighted by Crippen LogP contribution is -2.40. The predicted molar refractivity (Wildman–Crippen MR) is 91.3 cm³/mol. The van der Waals surface area contributed by atoms with Crippen LogP contribution in [-0.2, 0) is 19.4 Å². The van der Waals surface area contributed by atoms with Crippen LogP contribution in [0.5, 0.6) is 0 Å². The van der Waals surface area contributed by atoms with Crippen molar-refractivity contribution in [3.63, 3.8) is 0 Å². The first kappa shape index (κ1) is 17.8. The summed E-state index contributed by atoms with van der Waals surface area (Å²) in [6.07, 6.45) is 0.392. The number of carbonyl (C=O) groups excluding carboxylic acids is 2. The van der Waals surface area contributed by atoms with Gasteiger partial charge in [0.25, 0.3) is 5.91 Å². The number of halogens is 1. The number of hydrogen-bond acceptors (Lipinski definition) is 6. The second-order valence-corrected chi connectivity index (χ2v) is 8.60. The quantitative estimate of drug-likeness (QED) is 0.746. The van der Waals surface area contributed by atoms with Crippen LogP contribution >= 0.6 is 11.6 Å². The van der Waals surface area contributed by atoms with Crippen LogP contribution in [0.1, 0.15) is 17.0 Å². The Balaban J connectivity index is 1.60. The minimum absolute atomic E-state index is 0.0313. The van der Waals surface area contributed by atoms with E-state index in [2.05, 4.69) is 0 Å². The summed E-state index contributed by atoms with van der Waals surface area (Å²) in [4.78, 5) is 25.5. The molecule has 0 unspecified atom stereocenters. The van der Waals surface area contributed by atoms with Crippen molar-refractivity contribution in [1.29, 1.82) is 0 Å². The molecule has 1 saturated heterocycles. The molecule has 1 amide bonds. The lowest BCUT2D eigenvalue weighted by molar-refractivity contribution is -0.134. The lowest BCUT2D eigenvalue weighted by atomic mass is 10.2. The van der Waals surface area contributed by atoms with Gasteiger partial charge in [0, 0.05) is 23.5 Å². The van der Waals surface area contributed by atoms with Crippen molar-refractivity contribution >= 4 is 44.3 Å². The first-order chi connectivity index (χ1) is 11.7. The van der Waals surface area contributed by atoms with E-state index in [4.69, 9.17) is 20.8 Å². The number of amides is 1. The SMILES string of the molecule is CN(C(=O)COC(=O)c1cc2cc(Cl)ccc2o1)[C@@H]1CCS(=O)(=O)C1. The van der Waals surface area contributed by atoms with Crippen LogP contribution in [0.2, 0.25) is 5.02 Å². The van der Waals surface area contributed by atoms with E-state index in [1.165, 1.54) is 18.0 Å². The number of benzene rings is 1. The van der Waals surface area contributed by atoms with Gasteiger partial charge in [-0.05, 0) is 30.7 Å². The third kappa shape index (κ3) is 3.96. The maximum Gasteiger partial charge on any atom is 0.374 e. The van der Waals surface area contributed by atoms with E-state index < -0.39 is 28.3 Å². The highest BCUT2D eigenvalue weighted by molar-refractivity contribution is 7.91. The summed E-state index contributed by atoms with van der Waals surface area (Å²) in [7, 11) is -1.59. The van der Waals surface area contributed by atoms with Gasteiger partial charge in [0.15, 0.2) is 16.4 Å². The van der Waals surface area contributed by atoms with Crippen LogP contribution in [0, 0.1) is 0 Å². The normalized spacial score (nSPS) is 19.0. The fraction of sp³-hybridized carbons (Fsp3) is 0.375. The highest BCUT2D eigenvalue weighted by Crippen LogP contribution is 2.23. The molecule has 1 aliphatic heterocycles. The zero-order chi connectivity index (χ0) is 18.2. The Labute approximate surface area is 149 Å². The van der Waals surface area contributed by atoms with Gasteiger partial charge in [-0.2, -0.15) is 0 Å². The molecule has 0 saturated carbocycles. The van der Waals surface area contributed by atoms with E-state index in [1.54, 1.807) is 18.2 Å². The van der Waals surface area contributed by atoms with E-state index in [0.717, 1.165) is 0 Å². The number of rotatable bonds is 4. The maximum atomic E-state index is 12.1. The number of sulfone groups is 1. The molecule has 0 N–H and O–H groups in total. The molecular weight excluding hydrogens is 370 g/mol. The lowest BCUT2D eigenvalue weighted by Gasteiger charge is -2.22. The van der Waals surface area contributed by atoms with Crippen molar-refractivity contribution in [3.05, 3.63) is 35.0 Å². The highest BCUT2D eigenvalue weighted by atomic mass is 35.5. The van der Waals surface area contributed by atoms with E-state index in [1.807, 2.05) is 0 Å². The summed E-state index contributed by atoms with van der Waals surface area (Å²) in [5, 5.41) is 1.16.